The molecule has 3 aromatic carbocycles. The molecule has 0 atom stereocenters. The smallest absolute Gasteiger partial charge is 0.216 e. The summed E-state index contributed by atoms with van der Waals surface area (Å²) < 4.78 is 1.39. The molecule has 3 aromatic rings. The molecule has 0 spiro atoms. The van der Waals surface area contributed by atoms with Gasteiger partial charge < -0.3 is 0 Å². The average Bonchev–Trinajstić information content (AvgIpc) is 2.93. The second kappa shape index (κ2) is 6.46. The fourth-order valence-electron chi connectivity index (χ4n) is 3.93. The van der Waals surface area contributed by atoms with E-state index in [0.717, 1.165) is 40.8 Å². The molecular weight excluding hydrogens is 350 g/mol. The topological polar surface area (TPSA) is 52.4 Å². The van der Waals surface area contributed by atoms with E-state index in [0.29, 0.717) is 5.69 Å². The molecule has 0 unspecified atom stereocenters. The Morgan fingerprint density at radius 1 is 0.714 bits per heavy atom. The quantitative estimate of drug-likeness (QED) is 0.663. The predicted molar refractivity (Wildman–Crippen MR) is 107 cm³/mol. The van der Waals surface area contributed by atoms with Gasteiger partial charge in [-0.1, -0.05) is 71.4 Å². The molecule has 1 saturated heterocycles. The highest BCUT2D eigenvalue weighted by Crippen LogP contribution is 2.26. The van der Waals surface area contributed by atoms with Crippen molar-refractivity contribution in [3.63, 3.8) is 0 Å². The van der Waals surface area contributed by atoms with E-state index in [1.54, 1.807) is 12.1 Å². The molecule has 136 valence electrons. The molecule has 1 aliphatic carbocycles. The lowest BCUT2D eigenvalue weighted by atomic mass is 9.98. The molecule has 1 N–H and O–H groups in total. The van der Waals surface area contributed by atoms with Crippen LogP contribution in [0.3, 0.4) is 0 Å². The summed E-state index contributed by atoms with van der Waals surface area (Å²) in [5.41, 5.74) is 8.29. The number of carbonyl (C=O) groups is 2. The van der Waals surface area contributed by atoms with Gasteiger partial charge in [0.1, 0.15) is 5.69 Å². The van der Waals surface area contributed by atoms with Crippen LogP contribution >= 0.6 is 0 Å². The first-order valence-corrected chi connectivity index (χ1v) is 9.27. The second-order valence-electron chi connectivity index (χ2n) is 6.87. The van der Waals surface area contributed by atoms with Crippen LogP contribution in [-0.4, -0.2) is 22.5 Å². The van der Waals surface area contributed by atoms with Crippen molar-refractivity contribution < 1.29 is 14.3 Å². The number of anilines is 1. The number of nitrogens with zero attached hydrogens (tertiary/aromatic N) is 2. The molecule has 5 rings (SSSR count). The minimum atomic E-state index is -0.456. The van der Waals surface area contributed by atoms with E-state index in [9.17, 15) is 9.59 Å². The fraction of sp³-hybridized carbons (Fsp3) is 0.0870. The zero-order valence-corrected chi connectivity index (χ0v) is 15.1. The Balaban J connectivity index is 1.75. The summed E-state index contributed by atoms with van der Waals surface area (Å²) in [6.07, 6.45) is 1.77. The molecule has 2 aliphatic rings. The van der Waals surface area contributed by atoms with Crippen LogP contribution in [0.1, 0.15) is 22.3 Å². The van der Waals surface area contributed by atoms with Crippen LogP contribution in [-0.2, 0) is 12.8 Å². The normalized spacial score (nSPS) is 15.8. The number of benzene rings is 3. The van der Waals surface area contributed by atoms with Gasteiger partial charge in [0.05, 0.1) is 0 Å². The Hall–Kier alpha value is -3.73. The Bertz CT molecular complexity index is 1090. The van der Waals surface area contributed by atoms with Gasteiger partial charge in [0.25, 0.3) is 0 Å². The van der Waals surface area contributed by atoms with Crippen LogP contribution in [0.4, 0.5) is 15.3 Å². The maximum absolute atomic E-state index is 13.3. The van der Waals surface area contributed by atoms with E-state index in [-0.39, 0.29) is 0 Å². The van der Waals surface area contributed by atoms with Crippen LogP contribution in [0, 0.1) is 0 Å². The Morgan fingerprint density at radius 2 is 1.25 bits per heavy atom. The van der Waals surface area contributed by atoms with Crippen LogP contribution in [0.15, 0.2) is 78.9 Å². The highest BCUT2D eigenvalue weighted by atomic mass is 16.2. The number of amides is 4. The molecular formula is C23H18N3O2+. The zero-order valence-electron chi connectivity index (χ0n) is 15.1. The molecule has 0 aromatic heterocycles. The summed E-state index contributed by atoms with van der Waals surface area (Å²) in [7, 11) is 0. The van der Waals surface area contributed by atoms with Crippen molar-refractivity contribution in [2.24, 2.45) is 0 Å². The number of aryl methyl sites for hydroxylation is 2. The molecule has 0 radical (unpaired) electrons. The number of hydrazine groups is 1. The number of rotatable bonds is 1. The van der Waals surface area contributed by atoms with Crippen LogP contribution in [0.25, 0.3) is 0 Å². The second-order valence-corrected chi connectivity index (χ2v) is 6.87. The number of hydrogen-bond acceptors (Lipinski definition) is 2. The van der Waals surface area contributed by atoms with E-state index < -0.39 is 12.1 Å². The SMILES string of the molecule is O=C1N[N+](=C2c3ccccc3CCc3ccccc32)C(=O)N1c1ccccc1. The van der Waals surface area contributed by atoms with Crippen LogP contribution in [0.2, 0.25) is 0 Å². The third-order valence-electron chi connectivity index (χ3n) is 5.24. The van der Waals surface area contributed by atoms with Gasteiger partial charge in [-0.25, -0.2) is 4.79 Å². The number of fused-ring (bicyclic) bond motifs is 2. The zero-order chi connectivity index (χ0) is 19.1. The van der Waals surface area contributed by atoms with Crippen molar-refractivity contribution in [3.05, 3.63) is 101 Å². The number of nitrogens with one attached hydrogen (secondary N) is 1. The minimum Gasteiger partial charge on any atom is -0.216 e. The van der Waals surface area contributed by atoms with Crippen molar-refractivity contribution >= 4 is 23.5 Å². The van der Waals surface area contributed by atoms with Crippen molar-refractivity contribution in [2.75, 3.05) is 4.90 Å². The van der Waals surface area contributed by atoms with Gasteiger partial charge in [0.15, 0.2) is 5.71 Å². The summed E-state index contributed by atoms with van der Waals surface area (Å²) in [4.78, 5) is 27.2. The lowest BCUT2D eigenvalue weighted by Crippen LogP contribution is -2.33. The van der Waals surface area contributed by atoms with Gasteiger partial charge in [0.2, 0.25) is 0 Å². The largest absolute Gasteiger partial charge is 0.532 e. The number of hydrogen-bond donors (Lipinski definition) is 1. The van der Waals surface area contributed by atoms with Crippen LogP contribution < -0.4 is 10.3 Å². The van der Waals surface area contributed by atoms with E-state index in [1.165, 1.54) is 9.58 Å². The summed E-state index contributed by atoms with van der Waals surface area (Å²) in [6, 6.07) is 24.2. The first-order chi connectivity index (χ1) is 13.7. The average molecular weight is 368 g/mol. The number of imide groups is 1. The molecule has 1 fully saturated rings. The molecule has 4 amide bonds. The predicted octanol–water partition coefficient (Wildman–Crippen LogP) is 3.90. The highest BCUT2D eigenvalue weighted by Gasteiger charge is 2.47. The van der Waals surface area contributed by atoms with Crippen molar-refractivity contribution in [1.82, 2.24) is 5.43 Å². The van der Waals surface area contributed by atoms with Gasteiger partial charge >= 0.3 is 12.1 Å². The lowest BCUT2D eigenvalue weighted by Gasteiger charge is -2.10. The summed E-state index contributed by atoms with van der Waals surface area (Å²) in [5.74, 6) is 0. The fourth-order valence-corrected chi connectivity index (χ4v) is 3.93. The van der Waals surface area contributed by atoms with E-state index in [4.69, 9.17) is 0 Å². The Morgan fingerprint density at radius 3 is 1.86 bits per heavy atom. The lowest BCUT2D eigenvalue weighted by molar-refractivity contribution is -0.462. The van der Waals surface area contributed by atoms with E-state index >= 15 is 0 Å². The van der Waals surface area contributed by atoms with Crippen molar-refractivity contribution in [2.45, 2.75) is 12.8 Å². The van der Waals surface area contributed by atoms with Crippen molar-refractivity contribution in [1.29, 1.82) is 0 Å². The van der Waals surface area contributed by atoms with Crippen LogP contribution in [0.5, 0.6) is 0 Å². The molecule has 1 aliphatic heterocycles. The number of urea groups is 2. The number of carbonyl (C=O) groups excluding carboxylic acids is 2. The Labute approximate surface area is 162 Å². The maximum atomic E-state index is 13.3. The molecule has 5 nitrogen and oxygen atoms in total. The van der Waals surface area contributed by atoms with Gasteiger partial charge in [-0.2, -0.15) is 4.79 Å². The number of hydrazone groups is 1. The van der Waals surface area contributed by atoms with Gasteiger partial charge in [-0.15, -0.1) is 10.3 Å². The summed E-state index contributed by atoms with van der Waals surface area (Å²) >= 11 is 0. The summed E-state index contributed by atoms with van der Waals surface area (Å²) in [5, 5.41) is 0. The highest BCUT2D eigenvalue weighted by molar-refractivity contribution is 6.19. The molecule has 1 heterocycles. The first kappa shape index (κ1) is 16.4. The standard InChI is InChI=1S/C23H17N3O2/c27-22-24-26(23(28)25(22)18-10-2-1-3-11-18)21-19-12-6-4-8-16(19)14-15-17-9-5-7-13-20(17)21/h1-13H,14-15H2/p+1. The van der Waals surface area contributed by atoms with Crippen molar-refractivity contribution in [3.8, 4) is 0 Å². The molecule has 0 bridgehead atoms. The third-order valence-corrected chi connectivity index (χ3v) is 5.24. The monoisotopic (exact) mass is 368 g/mol. The molecule has 0 saturated carbocycles. The van der Waals surface area contributed by atoms with E-state index in [1.807, 2.05) is 54.6 Å². The molecule has 28 heavy (non-hydrogen) atoms. The number of para-hydroxylation sites is 1. The Kier molecular flexibility index (Phi) is 3.79. The van der Waals surface area contributed by atoms with Gasteiger partial charge in [-0.3, -0.25) is 0 Å². The minimum absolute atomic E-state index is 0.405. The maximum Gasteiger partial charge on any atom is 0.532 e. The first-order valence-electron chi connectivity index (χ1n) is 9.27. The van der Waals surface area contributed by atoms with Gasteiger partial charge in [0, 0.05) is 11.1 Å². The van der Waals surface area contributed by atoms with Gasteiger partial charge in [-0.05, 0) is 36.1 Å². The summed E-state index contributed by atoms with van der Waals surface area (Å²) in [6.45, 7) is 0. The van der Waals surface area contributed by atoms with E-state index in [2.05, 4.69) is 17.6 Å². The third kappa shape index (κ3) is 2.52. The molecule has 5 heteroatoms.